The molecule has 1 N–H and O–H groups in total. The van der Waals surface area contributed by atoms with E-state index in [0.717, 1.165) is 48.4 Å². The predicted molar refractivity (Wildman–Crippen MR) is 83.6 cm³/mol. The maximum Gasteiger partial charge on any atom is 0.232 e. The maximum absolute atomic E-state index is 13.8. The highest BCUT2D eigenvalue weighted by molar-refractivity contribution is 7.92. The summed E-state index contributed by atoms with van der Waals surface area (Å²) in [6, 6.07) is 2.79. The highest BCUT2D eigenvalue weighted by Crippen LogP contribution is 2.23. The normalized spacial score (nSPS) is 15.6. The second-order valence-corrected chi connectivity index (χ2v) is 7.64. The minimum absolute atomic E-state index is 0.0829. The van der Waals surface area contributed by atoms with Gasteiger partial charge in [0.25, 0.3) is 0 Å². The largest absolute Gasteiger partial charge is 0.353 e. The molecule has 1 aromatic carbocycles. The minimum Gasteiger partial charge on any atom is -0.353 e. The number of hydrogen-bond acceptors (Lipinski definition) is 3. The topological polar surface area (TPSA) is 66.5 Å². The van der Waals surface area contributed by atoms with Crippen LogP contribution in [0, 0.1) is 11.6 Å². The van der Waals surface area contributed by atoms with Gasteiger partial charge in [-0.05, 0) is 25.0 Å². The molecular formula is C15H20F2N2O3S. The maximum atomic E-state index is 13.8. The van der Waals surface area contributed by atoms with E-state index in [9.17, 15) is 22.0 Å². The summed E-state index contributed by atoms with van der Waals surface area (Å²) in [6.45, 7) is -0.195. The number of hydrogen-bond donors (Lipinski definition) is 1. The average Bonchev–Trinajstić information content (AvgIpc) is 2.92. The molecular weight excluding hydrogens is 326 g/mol. The van der Waals surface area contributed by atoms with Gasteiger partial charge in [0.15, 0.2) is 0 Å². The first kappa shape index (κ1) is 17.7. The van der Waals surface area contributed by atoms with Gasteiger partial charge in [0.2, 0.25) is 15.9 Å². The average molecular weight is 346 g/mol. The Morgan fingerprint density at radius 1 is 1.30 bits per heavy atom. The third-order valence-corrected chi connectivity index (χ3v) is 5.02. The van der Waals surface area contributed by atoms with Crippen molar-refractivity contribution in [2.75, 3.05) is 17.1 Å². The van der Waals surface area contributed by atoms with Crippen LogP contribution in [-0.2, 0) is 14.8 Å². The number of carbonyl (C=O) groups is 1. The number of rotatable bonds is 6. The van der Waals surface area contributed by atoms with Gasteiger partial charge in [-0.2, -0.15) is 0 Å². The molecule has 0 aromatic heterocycles. The summed E-state index contributed by atoms with van der Waals surface area (Å²) in [5.74, 6) is -2.04. The van der Waals surface area contributed by atoms with Crippen LogP contribution in [0.4, 0.5) is 14.5 Å². The number of sulfonamides is 1. The van der Waals surface area contributed by atoms with Crippen LogP contribution in [0.5, 0.6) is 0 Å². The summed E-state index contributed by atoms with van der Waals surface area (Å²) in [5.41, 5.74) is -0.262. The lowest BCUT2D eigenvalue weighted by Gasteiger charge is -2.23. The lowest BCUT2D eigenvalue weighted by molar-refractivity contribution is -0.121. The van der Waals surface area contributed by atoms with Crippen LogP contribution in [0.2, 0.25) is 0 Å². The van der Waals surface area contributed by atoms with Crippen LogP contribution in [0.1, 0.15) is 32.1 Å². The standard InChI is InChI=1S/C15H20F2N2O3S/c1-23(21,22)19(14-7-6-11(16)10-13(14)17)9-8-15(20)18-12-4-2-3-5-12/h6-7,10,12H,2-5,8-9H2,1H3,(H,18,20). The van der Waals surface area contributed by atoms with Gasteiger partial charge in [-0.3, -0.25) is 9.10 Å². The Kier molecular flexibility index (Phi) is 5.56. The molecule has 23 heavy (non-hydrogen) atoms. The highest BCUT2D eigenvalue weighted by atomic mass is 32.2. The zero-order chi connectivity index (χ0) is 17.0. The predicted octanol–water partition coefficient (Wildman–Crippen LogP) is 2.18. The van der Waals surface area contributed by atoms with E-state index in [2.05, 4.69) is 5.32 Å². The fraction of sp³-hybridized carbons (Fsp3) is 0.533. The Morgan fingerprint density at radius 3 is 2.52 bits per heavy atom. The summed E-state index contributed by atoms with van der Waals surface area (Å²) < 4.78 is 51.3. The molecule has 0 spiro atoms. The number of halogens is 2. The lowest BCUT2D eigenvalue weighted by atomic mass is 10.2. The number of benzene rings is 1. The molecule has 0 radical (unpaired) electrons. The van der Waals surface area contributed by atoms with Gasteiger partial charge in [0.1, 0.15) is 11.6 Å². The highest BCUT2D eigenvalue weighted by Gasteiger charge is 2.23. The first-order chi connectivity index (χ1) is 10.8. The molecule has 0 unspecified atom stereocenters. The monoisotopic (exact) mass is 346 g/mol. The molecule has 1 saturated carbocycles. The third kappa shape index (κ3) is 4.89. The molecule has 0 bridgehead atoms. The summed E-state index contributed by atoms with van der Waals surface area (Å²) in [4.78, 5) is 11.9. The molecule has 1 aliphatic rings. The van der Waals surface area contributed by atoms with Crippen molar-refractivity contribution in [2.24, 2.45) is 0 Å². The molecule has 1 amide bonds. The molecule has 0 saturated heterocycles. The van der Waals surface area contributed by atoms with Crippen molar-refractivity contribution in [1.29, 1.82) is 0 Å². The molecule has 1 aliphatic carbocycles. The van der Waals surface area contributed by atoms with Gasteiger partial charge in [-0.25, -0.2) is 17.2 Å². The van der Waals surface area contributed by atoms with Crippen molar-refractivity contribution in [1.82, 2.24) is 5.32 Å². The van der Waals surface area contributed by atoms with E-state index in [4.69, 9.17) is 0 Å². The Balaban J connectivity index is 2.06. The minimum atomic E-state index is -3.79. The number of nitrogens with zero attached hydrogens (tertiary/aromatic N) is 1. The van der Waals surface area contributed by atoms with E-state index < -0.39 is 21.7 Å². The Morgan fingerprint density at radius 2 is 1.96 bits per heavy atom. The van der Waals surface area contributed by atoms with E-state index in [-0.39, 0.29) is 30.6 Å². The van der Waals surface area contributed by atoms with Crippen LogP contribution in [-0.4, -0.2) is 33.2 Å². The first-order valence-electron chi connectivity index (χ1n) is 7.49. The van der Waals surface area contributed by atoms with Crippen LogP contribution >= 0.6 is 0 Å². The summed E-state index contributed by atoms with van der Waals surface area (Å²) >= 11 is 0. The first-order valence-corrected chi connectivity index (χ1v) is 9.34. The number of amides is 1. The molecule has 128 valence electrons. The quantitative estimate of drug-likeness (QED) is 0.858. The fourth-order valence-corrected chi connectivity index (χ4v) is 3.65. The third-order valence-electron chi connectivity index (χ3n) is 3.84. The fourth-order valence-electron chi connectivity index (χ4n) is 2.72. The van der Waals surface area contributed by atoms with Crippen molar-refractivity contribution in [3.63, 3.8) is 0 Å². The van der Waals surface area contributed by atoms with E-state index >= 15 is 0 Å². The van der Waals surface area contributed by atoms with Crippen LogP contribution in [0.3, 0.4) is 0 Å². The summed E-state index contributed by atoms with van der Waals surface area (Å²) in [7, 11) is -3.79. The molecule has 1 fully saturated rings. The zero-order valence-corrected chi connectivity index (χ0v) is 13.7. The molecule has 0 atom stereocenters. The van der Waals surface area contributed by atoms with Gasteiger partial charge in [0, 0.05) is 25.1 Å². The van der Waals surface area contributed by atoms with Crippen LogP contribution < -0.4 is 9.62 Å². The second kappa shape index (κ2) is 7.25. The van der Waals surface area contributed by atoms with E-state index in [1.54, 1.807) is 0 Å². The van der Waals surface area contributed by atoms with Gasteiger partial charge in [-0.1, -0.05) is 12.8 Å². The van der Waals surface area contributed by atoms with Gasteiger partial charge in [-0.15, -0.1) is 0 Å². The van der Waals surface area contributed by atoms with Crippen molar-refractivity contribution >= 4 is 21.6 Å². The smallest absolute Gasteiger partial charge is 0.232 e. The molecule has 0 heterocycles. The van der Waals surface area contributed by atoms with Crippen molar-refractivity contribution in [2.45, 2.75) is 38.1 Å². The Bertz CT molecular complexity index is 673. The Labute approximate surface area is 134 Å². The summed E-state index contributed by atoms with van der Waals surface area (Å²) in [6.07, 6.45) is 4.83. The van der Waals surface area contributed by atoms with E-state index in [1.807, 2.05) is 0 Å². The number of nitrogens with one attached hydrogen (secondary N) is 1. The van der Waals surface area contributed by atoms with Gasteiger partial charge < -0.3 is 5.32 Å². The van der Waals surface area contributed by atoms with Crippen molar-refractivity contribution in [3.8, 4) is 0 Å². The number of carbonyl (C=O) groups excluding carboxylic acids is 1. The van der Waals surface area contributed by atoms with E-state index in [1.165, 1.54) is 0 Å². The van der Waals surface area contributed by atoms with Gasteiger partial charge in [0.05, 0.1) is 11.9 Å². The lowest BCUT2D eigenvalue weighted by Crippen LogP contribution is -2.37. The number of anilines is 1. The van der Waals surface area contributed by atoms with Crippen LogP contribution in [0.15, 0.2) is 18.2 Å². The van der Waals surface area contributed by atoms with E-state index in [0.29, 0.717) is 6.07 Å². The molecule has 2 rings (SSSR count). The molecule has 5 nitrogen and oxygen atoms in total. The molecule has 0 aliphatic heterocycles. The SMILES string of the molecule is CS(=O)(=O)N(CCC(=O)NC1CCCC1)c1ccc(F)cc1F. The molecule has 1 aromatic rings. The van der Waals surface area contributed by atoms with Crippen molar-refractivity contribution < 1.29 is 22.0 Å². The summed E-state index contributed by atoms with van der Waals surface area (Å²) in [5, 5.41) is 2.85. The zero-order valence-electron chi connectivity index (χ0n) is 12.9. The Hall–Kier alpha value is -1.70. The second-order valence-electron chi connectivity index (χ2n) is 5.73. The van der Waals surface area contributed by atoms with Crippen molar-refractivity contribution in [3.05, 3.63) is 29.8 Å². The van der Waals surface area contributed by atoms with Gasteiger partial charge >= 0.3 is 0 Å². The molecule has 8 heteroatoms. The van der Waals surface area contributed by atoms with Crippen LogP contribution in [0.25, 0.3) is 0 Å².